The monoisotopic (exact) mass is 726 g/mol. The van der Waals surface area contributed by atoms with E-state index in [1.165, 1.54) is 54.8 Å². The van der Waals surface area contributed by atoms with Crippen LogP contribution in [0.1, 0.15) is 0 Å². The molecule has 8 aromatic carbocycles. The average Bonchev–Trinajstić information content (AvgIpc) is 3.65. The number of pyridine rings is 1. The van der Waals surface area contributed by atoms with E-state index in [1.807, 2.05) is 36.4 Å². The Morgan fingerprint density at radius 3 is 1.26 bits per heavy atom. The van der Waals surface area contributed by atoms with Crippen LogP contribution in [0.15, 0.2) is 206 Å². The number of hydrogen-bond acceptors (Lipinski definition) is 3. The number of benzene rings is 8. The Hall–Kier alpha value is -7.69. The molecular weight excluding hydrogens is 693 g/mol. The van der Waals surface area contributed by atoms with Crippen LogP contribution in [-0.4, -0.2) is 19.4 Å². The predicted octanol–water partition coefficient (Wildman–Crippen LogP) is 13.6. The van der Waals surface area contributed by atoms with Gasteiger partial charge in [-0.05, 0) is 45.3 Å². The van der Waals surface area contributed by atoms with Crippen molar-refractivity contribution in [2.45, 2.75) is 0 Å². The first-order valence-electron chi connectivity index (χ1n) is 19.3. The highest BCUT2D eigenvalue weighted by Gasteiger charge is 2.20. The summed E-state index contributed by atoms with van der Waals surface area (Å²) in [5.41, 5.74) is 13.5. The molecule has 0 atom stereocenters. The molecule has 0 saturated carbocycles. The molecule has 3 heterocycles. The summed E-state index contributed by atoms with van der Waals surface area (Å²) in [6.07, 6.45) is 0. The van der Waals surface area contributed by atoms with E-state index in [4.69, 9.17) is 15.0 Å². The molecule has 0 bridgehead atoms. The number of fused-ring (bicyclic) bond motifs is 8. The second kappa shape index (κ2) is 13.6. The van der Waals surface area contributed by atoms with Crippen LogP contribution in [0.4, 0.5) is 0 Å². The Bertz CT molecular complexity index is 3240. The van der Waals surface area contributed by atoms with Crippen LogP contribution < -0.4 is 0 Å². The van der Waals surface area contributed by atoms with Crippen LogP contribution in [0.3, 0.4) is 0 Å². The van der Waals surface area contributed by atoms with Gasteiger partial charge >= 0.3 is 0 Å². The molecule has 0 aliphatic heterocycles. The minimum absolute atomic E-state index is 0.636. The predicted molar refractivity (Wildman–Crippen MR) is 236 cm³/mol. The zero-order valence-corrected chi connectivity index (χ0v) is 30.9. The third kappa shape index (κ3) is 5.66. The summed E-state index contributed by atoms with van der Waals surface area (Å²) in [5.74, 6) is 1.92. The molecule has 11 rings (SSSR count). The number of para-hydroxylation sites is 1. The molecular formula is C53H34N4. The Morgan fingerprint density at radius 1 is 0.263 bits per heavy atom. The molecule has 0 saturated heterocycles. The third-order valence-corrected chi connectivity index (χ3v) is 11.0. The third-order valence-electron chi connectivity index (χ3n) is 11.0. The molecule has 0 aliphatic carbocycles. The topological polar surface area (TPSA) is 43.1 Å². The van der Waals surface area contributed by atoms with E-state index in [0.29, 0.717) is 17.5 Å². The van der Waals surface area contributed by atoms with Crippen molar-refractivity contribution in [2.24, 2.45) is 0 Å². The molecule has 0 spiro atoms. The molecule has 3 aromatic heterocycles. The maximum Gasteiger partial charge on any atom is 0.164 e. The lowest BCUT2D eigenvalue weighted by atomic mass is 9.97. The smallest absolute Gasteiger partial charge is 0.164 e. The first kappa shape index (κ1) is 32.7. The quantitative estimate of drug-likeness (QED) is 0.160. The number of aromatic nitrogens is 4. The summed E-state index contributed by atoms with van der Waals surface area (Å²) in [6.45, 7) is 0. The van der Waals surface area contributed by atoms with E-state index >= 15 is 0 Å². The molecule has 0 aliphatic rings. The number of rotatable bonds is 6. The zero-order chi connectivity index (χ0) is 37.7. The standard InChI is InChI=1S/C53H34N4/c1-4-14-35(15-5-1)36-24-28-40(29-25-36)52-54-51(39-18-8-3-9-19-39)55-53(56-52)41-30-26-37(27-31-41)42-32-33-46-48(34-42)57-47-23-13-12-21-44(47)43-20-10-11-22-45(43)50(57)49(46)38-16-6-2-7-17-38/h1-34H. The van der Waals surface area contributed by atoms with Crippen LogP contribution in [0.5, 0.6) is 0 Å². The maximum absolute atomic E-state index is 5.04. The highest BCUT2D eigenvalue weighted by atomic mass is 15.0. The van der Waals surface area contributed by atoms with Crippen molar-refractivity contribution in [2.75, 3.05) is 0 Å². The van der Waals surface area contributed by atoms with Crippen LogP contribution in [-0.2, 0) is 0 Å². The summed E-state index contributed by atoms with van der Waals surface area (Å²) >= 11 is 0. The molecule has 0 unspecified atom stereocenters. The van der Waals surface area contributed by atoms with Crippen LogP contribution >= 0.6 is 0 Å². The summed E-state index contributed by atoms with van der Waals surface area (Å²) in [4.78, 5) is 15.0. The van der Waals surface area contributed by atoms with Crippen molar-refractivity contribution in [3.63, 3.8) is 0 Å². The summed E-state index contributed by atoms with van der Waals surface area (Å²) in [7, 11) is 0. The fourth-order valence-electron chi connectivity index (χ4n) is 8.30. The van der Waals surface area contributed by atoms with E-state index < -0.39 is 0 Å². The molecule has 11 aromatic rings. The molecule has 266 valence electrons. The largest absolute Gasteiger partial charge is 0.308 e. The molecule has 4 nitrogen and oxygen atoms in total. The number of nitrogens with zero attached hydrogens (tertiary/aromatic N) is 4. The second-order valence-electron chi connectivity index (χ2n) is 14.4. The Morgan fingerprint density at radius 2 is 0.667 bits per heavy atom. The van der Waals surface area contributed by atoms with E-state index in [0.717, 1.165) is 33.4 Å². The van der Waals surface area contributed by atoms with Gasteiger partial charge in [-0.15, -0.1) is 0 Å². The van der Waals surface area contributed by atoms with Crippen molar-refractivity contribution in [3.8, 4) is 67.5 Å². The highest BCUT2D eigenvalue weighted by Crippen LogP contribution is 2.43. The molecule has 0 radical (unpaired) electrons. The summed E-state index contributed by atoms with van der Waals surface area (Å²) in [6, 6.07) is 72.8. The van der Waals surface area contributed by atoms with Gasteiger partial charge in [0.15, 0.2) is 17.5 Å². The van der Waals surface area contributed by atoms with Gasteiger partial charge in [-0.2, -0.15) is 0 Å². The summed E-state index contributed by atoms with van der Waals surface area (Å²) < 4.78 is 2.47. The molecule has 4 heteroatoms. The lowest BCUT2D eigenvalue weighted by molar-refractivity contribution is 1.07. The van der Waals surface area contributed by atoms with Crippen molar-refractivity contribution < 1.29 is 0 Å². The molecule has 0 amide bonds. The second-order valence-corrected chi connectivity index (χ2v) is 14.4. The fraction of sp³-hybridized carbons (Fsp3) is 0. The van der Waals surface area contributed by atoms with Crippen LogP contribution in [0.2, 0.25) is 0 Å². The minimum Gasteiger partial charge on any atom is -0.308 e. The Balaban J connectivity index is 1.04. The highest BCUT2D eigenvalue weighted by molar-refractivity contribution is 6.22. The molecule has 57 heavy (non-hydrogen) atoms. The SMILES string of the molecule is c1ccc(-c2ccc(-c3nc(-c4ccccc4)nc(-c4ccc(-c5ccc6c(-c7ccccc7)c7c8ccccc8c8ccccc8n7c6c5)cc4)n3)cc2)cc1. The van der Waals surface area contributed by atoms with E-state index in [1.54, 1.807) is 0 Å². The van der Waals surface area contributed by atoms with Crippen molar-refractivity contribution >= 4 is 38.1 Å². The van der Waals surface area contributed by atoms with Gasteiger partial charge in [0.05, 0.1) is 16.6 Å². The first-order chi connectivity index (χ1) is 28.3. The van der Waals surface area contributed by atoms with Gasteiger partial charge < -0.3 is 4.40 Å². The Labute approximate surface area is 330 Å². The molecule has 0 fully saturated rings. The normalized spacial score (nSPS) is 11.5. The van der Waals surface area contributed by atoms with Crippen molar-refractivity contribution in [1.82, 2.24) is 19.4 Å². The lowest BCUT2D eigenvalue weighted by Gasteiger charge is -2.11. The van der Waals surface area contributed by atoms with Gasteiger partial charge in [0.2, 0.25) is 0 Å². The van der Waals surface area contributed by atoms with Crippen molar-refractivity contribution in [1.29, 1.82) is 0 Å². The molecule has 0 N–H and O–H groups in total. The van der Waals surface area contributed by atoms with Gasteiger partial charge in [-0.3, -0.25) is 0 Å². The Kier molecular flexibility index (Phi) is 7.78. The minimum atomic E-state index is 0.636. The zero-order valence-electron chi connectivity index (χ0n) is 30.9. The van der Waals surface area contributed by atoms with Crippen molar-refractivity contribution in [3.05, 3.63) is 206 Å². The van der Waals surface area contributed by atoms with Gasteiger partial charge in [0.25, 0.3) is 0 Å². The van der Waals surface area contributed by atoms with E-state index in [2.05, 4.69) is 174 Å². The lowest BCUT2D eigenvalue weighted by Crippen LogP contribution is -2.00. The summed E-state index contributed by atoms with van der Waals surface area (Å²) in [5, 5.41) is 4.98. The maximum atomic E-state index is 5.04. The van der Waals surface area contributed by atoms with Gasteiger partial charge in [-0.1, -0.05) is 194 Å². The van der Waals surface area contributed by atoms with E-state index in [9.17, 15) is 0 Å². The van der Waals surface area contributed by atoms with Gasteiger partial charge in [0.1, 0.15) is 0 Å². The van der Waals surface area contributed by atoms with Crippen LogP contribution in [0.25, 0.3) is 106 Å². The van der Waals surface area contributed by atoms with E-state index in [-0.39, 0.29) is 0 Å². The average molecular weight is 727 g/mol. The van der Waals surface area contributed by atoms with Gasteiger partial charge in [0, 0.05) is 38.4 Å². The van der Waals surface area contributed by atoms with Gasteiger partial charge in [-0.25, -0.2) is 15.0 Å². The first-order valence-corrected chi connectivity index (χ1v) is 19.3. The number of hydrogen-bond donors (Lipinski definition) is 0. The van der Waals surface area contributed by atoms with Crippen LogP contribution in [0, 0.1) is 0 Å². The fourth-order valence-corrected chi connectivity index (χ4v) is 8.30.